The molecule has 1 rings (SSSR count). The average molecular weight is 213 g/mol. The summed E-state index contributed by atoms with van der Waals surface area (Å²) in [5, 5.41) is -0.572. The molecule has 0 bridgehead atoms. The fraction of sp³-hybridized carbons (Fsp3) is 0.444. The van der Waals surface area contributed by atoms with Crippen molar-refractivity contribution in [2.45, 2.75) is 25.5 Å². The maximum Gasteiger partial charge on any atom is 0.246 e. The van der Waals surface area contributed by atoms with Gasteiger partial charge in [-0.25, -0.2) is 0 Å². The Bertz CT molecular complexity index is 335. The van der Waals surface area contributed by atoms with Crippen molar-refractivity contribution in [3.63, 3.8) is 0 Å². The van der Waals surface area contributed by atoms with Gasteiger partial charge in [-0.2, -0.15) is 12.6 Å². The average Bonchev–Trinajstić information content (AvgIpc) is 2.39. The van der Waals surface area contributed by atoms with E-state index in [1.807, 2.05) is 0 Å². The Labute approximate surface area is 87.4 Å². The Balaban J connectivity index is 3.05. The minimum absolute atomic E-state index is 0.103. The molecule has 1 atom stereocenters. The van der Waals surface area contributed by atoms with Gasteiger partial charge >= 0.3 is 0 Å². The lowest BCUT2D eigenvalue weighted by molar-refractivity contribution is -0.135. The first-order valence-electron chi connectivity index (χ1n) is 4.16. The quantitative estimate of drug-likeness (QED) is 0.315. The van der Waals surface area contributed by atoms with Crippen LogP contribution in [-0.4, -0.2) is 28.3 Å². The third-order valence-electron chi connectivity index (χ3n) is 2.21. The van der Waals surface area contributed by atoms with Crippen molar-refractivity contribution < 1.29 is 14.4 Å². The highest BCUT2D eigenvalue weighted by molar-refractivity contribution is 7.81. The number of amides is 2. The van der Waals surface area contributed by atoms with E-state index >= 15 is 0 Å². The molecule has 0 spiro atoms. The maximum absolute atomic E-state index is 11.5. The van der Waals surface area contributed by atoms with E-state index in [-0.39, 0.29) is 18.2 Å². The largest absolute Gasteiger partial charge is 0.298 e. The number of carbonyl (C=O) groups excluding carboxylic acids is 3. The van der Waals surface area contributed by atoms with Crippen molar-refractivity contribution in [1.82, 2.24) is 4.90 Å². The van der Waals surface area contributed by atoms with Crippen molar-refractivity contribution in [2.75, 3.05) is 0 Å². The molecule has 1 aliphatic rings. The summed E-state index contributed by atoms with van der Waals surface area (Å²) in [4.78, 5) is 34.3. The molecule has 1 saturated heterocycles. The van der Waals surface area contributed by atoms with E-state index in [1.165, 1.54) is 0 Å². The van der Waals surface area contributed by atoms with Crippen LogP contribution in [0.5, 0.6) is 0 Å². The number of nitrogens with zero attached hydrogens (tertiary/aromatic N) is 1. The summed E-state index contributed by atoms with van der Waals surface area (Å²) >= 11 is 3.98. The van der Waals surface area contributed by atoms with Crippen molar-refractivity contribution in [3.8, 4) is 0 Å². The molecule has 1 aliphatic heterocycles. The lowest BCUT2D eigenvalue weighted by Crippen LogP contribution is -2.30. The van der Waals surface area contributed by atoms with Gasteiger partial charge < -0.3 is 0 Å². The van der Waals surface area contributed by atoms with Crippen LogP contribution in [0.4, 0.5) is 0 Å². The van der Waals surface area contributed by atoms with E-state index in [1.54, 1.807) is 13.8 Å². The summed E-state index contributed by atoms with van der Waals surface area (Å²) in [6.07, 6.45) is 0.729. The second kappa shape index (κ2) is 3.96. The number of allylic oxidation sites excluding steroid dienone is 2. The summed E-state index contributed by atoms with van der Waals surface area (Å²) < 4.78 is 0. The van der Waals surface area contributed by atoms with Crippen molar-refractivity contribution >= 4 is 30.7 Å². The number of hydrogen-bond acceptors (Lipinski definition) is 4. The van der Waals surface area contributed by atoms with Crippen molar-refractivity contribution in [3.05, 3.63) is 11.3 Å². The van der Waals surface area contributed by atoms with Gasteiger partial charge in [-0.15, -0.1) is 0 Å². The first kappa shape index (κ1) is 11.0. The SMILES string of the molecule is C/C(C=O)=C(/C)N1C(=O)CC(S)C1=O. The zero-order valence-electron chi connectivity index (χ0n) is 7.98. The van der Waals surface area contributed by atoms with Crippen LogP contribution in [0.1, 0.15) is 20.3 Å². The molecule has 0 radical (unpaired) electrons. The Morgan fingerprint density at radius 2 is 2.07 bits per heavy atom. The first-order chi connectivity index (χ1) is 6.49. The third kappa shape index (κ3) is 1.72. The van der Waals surface area contributed by atoms with Gasteiger partial charge in [0.05, 0.1) is 5.25 Å². The van der Waals surface area contributed by atoms with E-state index in [4.69, 9.17) is 0 Å². The van der Waals surface area contributed by atoms with Crippen LogP contribution < -0.4 is 0 Å². The molecule has 0 aromatic carbocycles. The Kier molecular flexibility index (Phi) is 3.10. The topological polar surface area (TPSA) is 54.5 Å². The van der Waals surface area contributed by atoms with Gasteiger partial charge in [0.25, 0.3) is 0 Å². The minimum atomic E-state index is -0.572. The standard InChI is InChI=1S/C9H11NO3S/c1-5(4-11)6(2)10-8(12)3-7(14)9(10)13/h4,7,14H,3H2,1-2H3/b6-5+. The van der Waals surface area contributed by atoms with Crippen LogP contribution in [0.25, 0.3) is 0 Å². The smallest absolute Gasteiger partial charge is 0.246 e. The van der Waals surface area contributed by atoms with E-state index in [2.05, 4.69) is 12.6 Å². The van der Waals surface area contributed by atoms with Gasteiger partial charge in [-0.3, -0.25) is 19.3 Å². The molecule has 76 valence electrons. The molecular formula is C9H11NO3S. The molecule has 0 aromatic heterocycles. The lowest BCUT2D eigenvalue weighted by Gasteiger charge is -2.15. The zero-order chi connectivity index (χ0) is 10.9. The number of hydrogen-bond donors (Lipinski definition) is 1. The van der Waals surface area contributed by atoms with Gasteiger partial charge in [0.2, 0.25) is 11.8 Å². The number of carbonyl (C=O) groups is 3. The molecule has 0 aromatic rings. The molecule has 1 heterocycles. The highest BCUT2D eigenvalue weighted by Crippen LogP contribution is 2.23. The van der Waals surface area contributed by atoms with Crippen LogP contribution in [0.2, 0.25) is 0 Å². The first-order valence-corrected chi connectivity index (χ1v) is 4.68. The molecule has 5 heteroatoms. The van der Waals surface area contributed by atoms with Crippen molar-refractivity contribution in [2.24, 2.45) is 0 Å². The molecule has 1 fully saturated rings. The molecule has 0 saturated carbocycles. The monoisotopic (exact) mass is 213 g/mol. The molecule has 0 N–H and O–H groups in total. The summed E-state index contributed by atoms with van der Waals surface area (Å²) in [7, 11) is 0. The molecule has 0 aliphatic carbocycles. The summed E-state index contributed by atoms with van der Waals surface area (Å²) in [6, 6.07) is 0. The Hall–Kier alpha value is -1.10. The van der Waals surface area contributed by atoms with E-state index in [0.29, 0.717) is 17.6 Å². The number of imide groups is 1. The molecule has 4 nitrogen and oxygen atoms in total. The molecule has 2 amide bonds. The number of likely N-dealkylation sites (tertiary alicyclic amines) is 1. The third-order valence-corrected chi connectivity index (χ3v) is 2.61. The summed E-state index contributed by atoms with van der Waals surface area (Å²) in [5.74, 6) is -0.647. The van der Waals surface area contributed by atoms with Gasteiger partial charge in [0.1, 0.15) is 6.29 Å². The van der Waals surface area contributed by atoms with Gasteiger partial charge in [-0.05, 0) is 13.8 Å². The maximum atomic E-state index is 11.5. The van der Waals surface area contributed by atoms with Crippen LogP contribution >= 0.6 is 12.6 Å². The predicted molar refractivity (Wildman–Crippen MR) is 53.7 cm³/mol. The van der Waals surface area contributed by atoms with Crippen LogP contribution in [0, 0.1) is 0 Å². The summed E-state index contributed by atoms with van der Waals surface area (Å²) in [5.41, 5.74) is 0.778. The van der Waals surface area contributed by atoms with Gasteiger partial charge in [0, 0.05) is 17.7 Å². The second-order valence-corrected chi connectivity index (χ2v) is 3.80. The molecule has 1 unspecified atom stereocenters. The molecule has 14 heavy (non-hydrogen) atoms. The summed E-state index contributed by atoms with van der Waals surface area (Å²) in [6.45, 7) is 3.14. The fourth-order valence-electron chi connectivity index (χ4n) is 1.23. The highest BCUT2D eigenvalue weighted by Gasteiger charge is 2.37. The van der Waals surface area contributed by atoms with Gasteiger partial charge in [-0.1, -0.05) is 0 Å². The van der Waals surface area contributed by atoms with Crippen molar-refractivity contribution in [1.29, 1.82) is 0 Å². The van der Waals surface area contributed by atoms with Crippen LogP contribution in [-0.2, 0) is 14.4 Å². The van der Waals surface area contributed by atoms with Crippen LogP contribution in [0.15, 0.2) is 11.3 Å². The van der Waals surface area contributed by atoms with E-state index < -0.39 is 5.25 Å². The fourth-order valence-corrected chi connectivity index (χ4v) is 1.50. The van der Waals surface area contributed by atoms with Gasteiger partial charge in [0.15, 0.2) is 0 Å². The minimum Gasteiger partial charge on any atom is -0.298 e. The van der Waals surface area contributed by atoms with E-state index in [9.17, 15) is 14.4 Å². The van der Waals surface area contributed by atoms with E-state index in [0.717, 1.165) is 4.90 Å². The second-order valence-electron chi connectivity index (χ2n) is 3.17. The zero-order valence-corrected chi connectivity index (χ0v) is 8.88. The predicted octanol–water partition coefficient (Wildman–Crippen LogP) is 0.536. The lowest BCUT2D eigenvalue weighted by atomic mass is 10.2. The Morgan fingerprint density at radius 1 is 1.50 bits per heavy atom. The van der Waals surface area contributed by atoms with Crippen LogP contribution in [0.3, 0.4) is 0 Å². The normalized spacial score (nSPS) is 23.9. The number of aldehydes is 1. The number of rotatable bonds is 2. The Morgan fingerprint density at radius 3 is 2.43 bits per heavy atom. The number of thiol groups is 1. The molecular weight excluding hydrogens is 202 g/mol. The highest BCUT2D eigenvalue weighted by atomic mass is 32.1.